The van der Waals surface area contributed by atoms with Crippen LogP contribution in [0.4, 0.5) is 0 Å². The first-order valence-corrected chi connectivity index (χ1v) is 4.54. The summed E-state index contributed by atoms with van der Waals surface area (Å²) in [5.41, 5.74) is 0.837. The minimum absolute atomic E-state index is 0.108. The fraction of sp³-hybridized carbons (Fsp3) is 0.273. The lowest BCUT2D eigenvalue weighted by atomic mass is 10.2. The van der Waals surface area contributed by atoms with Crippen LogP contribution in [0.15, 0.2) is 30.3 Å². The smallest absolute Gasteiger partial charge is 0.320 e. The van der Waals surface area contributed by atoms with E-state index in [2.05, 4.69) is 0 Å². The normalized spacial score (nSPS) is 11.8. The number of carboxylic acid groups (broad SMARTS) is 1. The average molecular weight is 208 g/mol. The van der Waals surface area contributed by atoms with Crippen molar-refractivity contribution in [3.8, 4) is 0 Å². The minimum Gasteiger partial charge on any atom is -0.481 e. The number of benzene rings is 1. The summed E-state index contributed by atoms with van der Waals surface area (Å²) in [5.74, 6) is -3.01. The molecule has 0 amide bonds. The number of rotatable bonds is 4. The Morgan fingerprint density at radius 2 is 1.93 bits per heavy atom. The molecular weight excluding hydrogens is 196 g/mol. The van der Waals surface area contributed by atoms with Crippen LogP contribution in [-0.4, -0.2) is 17.0 Å². The van der Waals surface area contributed by atoms with Gasteiger partial charge < -0.3 is 9.84 Å². The second-order valence-electron chi connectivity index (χ2n) is 3.15. The zero-order valence-corrected chi connectivity index (χ0v) is 8.34. The molecule has 4 nitrogen and oxygen atoms in total. The zero-order chi connectivity index (χ0) is 11.3. The molecule has 0 spiro atoms. The molecule has 0 radical (unpaired) electrons. The predicted octanol–water partition coefficient (Wildman–Crippen LogP) is 1.45. The molecule has 1 atom stereocenters. The van der Waals surface area contributed by atoms with Crippen molar-refractivity contribution >= 4 is 11.9 Å². The van der Waals surface area contributed by atoms with Gasteiger partial charge in [0.1, 0.15) is 6.61 Å². The molecule has 0 aromatic heterocycles. The molecule has 15 heavy (non-hydrogen) atoms. The molecule has 1 N–H and O–H groups in total. The predicted molar refractivity (Wildman–Crippen MR) is 53.0 cm³/mol. The Bertz CT molecular complexity index is 345. The molecule has 4 heteroatoms. The van der Waals surface area contributed by atoms with Crippen LogP contribution in [0.25, 0.3) is 0 Å². The van der Waals surface area contributed by atoms with E-state index < -0.39 is 17.9 Å². The van der Waals surface area contributed by atoms with Crippen LogP contribution in [0.3, 0.4) is 0 Å². The Hall–Kier alpha value is -1.84. The Labute approximate surface area is 87.5 Å². The Morgan fingerprint density at radius 1 is 1.33 bits per heavy atom. The van der Waals surface area contributed by atoms with Crippen molar-refractivity contribution < 1.29 is 19.4 Å². The average Bonchev–Trinajstić information content (AvgIpc) is 2.26. The highest BCUT2D eigenvalue weighted by molar-refractivity contribution is 5.93. The number of esters is 1. The summed E-state index contributed by atoms with van der Waals surface area (Å²) >= 11 is 0. The quantitative estimate of drug-likeness (QED) is 0.600. The monoisotopic (exact) mass is 208 g/mol. The third-order valence-corrected chi connectivity index (χ3v) is 1.95. The van der Waals surface area contributed by atoms with Crippen molar-refractivity contribution in [2.45, 2.75) is 13.5 Å². The van der Waals surface area contributed by atoms with Gasteiger partial charge in [0.2, 0.25) is 0 Å². The van der Waals surface area contributed by atoms with Gasteiger partial charge in [-0.1, -0.05) is 30.3 Å². The van der Waals surface area contributed by atoms with E-state index in [4.69, 9.17) is 9.84 Å². The first-order chi connectivity index (χ1) is 7.11. The largest absolute Gasteiger partial charge is 0.481 e. The van der Waals surface area contributed by atoms with Gasteiger partial charge in [-0.05, 0) is 12.5 Å². The number of hydrogen-bond acceptors (Lipinski definition) is 3. The molecule has 1 aromatic carbocycles. The fourth-order valence-electron chi connectivity index (χ4n) is 0.955. The molecule has 0 heterocycles. The highest BCUT2D eigenvalue weighted by atomic mass is 16.5. The molecule has 0 saturated heterocycles. The zero-order valence-electron chi connectivity index (χ0n) is 8.34. The van der Waals surface area contributed by atoms with Gasteiger partial charge in [-0.2, -0.15) is 0 Å². The summed E-state index contributed by atoms with van der Waals surface area (Å²) in [4.78, 5) is 21.6. The SMILES string of the molecule is CC(C(=O)O)C(=O)OCc1ccccc1. The molecule has 1 unspecified atom stereocenters. The van der Waals surface area contributed by atoms with Gasteiger partial charge in [-0.25, -0.2) is 0 Å². The maximum atomic E-state index is 11.2. The van der Waals surface area contributed by atoms with Gasteiger partial charge in [-0.3, -0.25) is 9.59 Å². The van der Waals surface area contributed by atoms with Crippen molar-refractivity contribution in [3.05, 3.63) is 35.9 Å². The summed E-state index contributed by atoms with van der Waals surface area (Å²) in [5, 5.41) is 8.55. The Morgan fingerprint density at radius 3 is 2.47 bits per heavy atom. The summed E-state index contributed by atoms with van der Waals surface area (Å²) < 4.78 is 4.83. The third kappa shape index (κ3) is 3.42. The van der Waals surface area contributed by atoms with Crippen LogP contribution < -0.4 is 0 Å². The van der Waals surface area contributed by atoms with Crippen LogP contribution >= 0.6 is 0 Å². The lowest BCUT2D eigenvalue weighted by Gasteiger charge is -2.07. The highest BCUT2D eigenvalue weighted by Crippen LogP contribution is 2.04. The van der Waals surface area contributed by atoms with Gasteiger partial charge in [-0.15, -0.1) is 0 Å². The molecule has 0 fully saturated rings. The van der Waals surface area contributed by atoms with E-state index in [1.807, 2.05) is 18.2 Å². The van der Waals surface area contributed by atoms with Crippen molar-refractivity contribution in [3.63, 3.8) is 0 Å². The fourth-order valence-corrected chi connectivity index (χ4v) is 0.955. The van der Waals surface area contributed by atoms with E-state index in [-0.39, 0.29) is 6.61 Å². The minimum atomic E-state index is -1.17. The van der Waals surface area contributed by atoms with Crippen LogP contribution in [0.1, 0.15) is 12.5 Å². The topological polar surface area (TPSA) is 63.6 Å². The number of carbonyl (C=O) groups is 2. The van der Waals surface area contributed by atoms with E-state index in [1.165, 1.54) is 6.92 Å². The molecule has 0 bridgehead atoms. The highest BCUT2D eigenvalue weighted by Gasteiger charge is 2.21. The summed E-state index contributed by atoms with van der Waals surface area (Å²) in [7, 11) is 0. The number of hydrogen-bond donors (Lipinski definition) is 1. The summed E-state index contributed by atoms with van der Waals surface area (Å²) in [6.07, 6.45) is 0. The Balaban J connectivity index is 2.44. The standard InChI is InChI=1S/C11H12O4/c1-8(10(12)13)11(14)15-7-9-5-3-2-4-6-9/h2-6,8H,7H2,1H3,(H,12,13). The maximum Gasteiger partial charge on any atom is 0.320 e. The van der Waals surface area contributed by atoms with E-state index in [9.17, 15) is 9.59 Å². The summed E-state index contributed by atoms with van der Waals surface area (Å²) in [6.45, 7) is 1.41. The first kappa shape index (κ1) is 11.2. The molecule has 1 aromatic rings. The molecule has 0 aliphatic heterocycles. The lowest BCUT2D eigenvalue weighted by Crippen LogP contribution is -2.22. The van der Waals surface area contributed by atoms with Gasteiger partial charge in [0, 0.05) is 0 Å². The first-order valence-electron chi connectivity index (χ1n) is 4.54. The van der Waals surface area contributed by atoms with Crippen LogP contribution in [0.2, 0.25) is 0 Å². The second-order valence-corrected chi connectivity index (χ2v) is 3.15. The lowest BCUT2D eigenvalue weighted by molar-refractivity contribution is -0.158. The third-order valence-electron chi connectivity index (χ3n) is 1.95. The van der Waals surface area contributed by atoms with E-state index >= 15 is 0 Å². The number of ether oxygens (including phenoxy) is 1. The molecule has 0 aliphatic rings. The van der Waals surface area contributed by atoms with E-state index in [0.717, 1.165) is 5.56 Å². The van der Waals surface area contributed by atoms with E-state index in [1.54, 1.807) is 12.1 Å². The molecule has 80 valence electrons. The molecule has 0 saturated carbocycles. The number of aliphatic carboxylic acids is 1. The second kappa shape index (κ2) is 5.14. The van der Waals surface area contributed by atoms with Gasteiger partial charge >= 0.3 is 11.9 Å². The van der Waals surface area contributed by atoms with Gasteiger partial charge in [0.15, 0.2) is 5.92 Å². The van der Waals surface area contributed by atoms with Crippen LogP contribution in [0, 0.1) is 5.92 Å². The number of carbonyl (C=O) groups excluding carboxylic acids is 1. The van der Waals surface area contributed by atoms with Crippen LogP contribution in [0.5, 0.6) is 0 Å². The Kier molecular flexibility index (Phi) is 3.85. The summed E-state index contributed by atoms with van der Waals surface area (Å²) in [6, 6.07) is 9.11. The van der Waals surface area contributed by atoms with Gasteiger partial charge in [0.25, 0.3) is 0 Å². The van der Waals surface area contributed by atoms with Crippen molar-refractivity contribution in [1.82, 2.24) is 0 Å². The van der Waals surface area contributed by atoms with Crippen molar-refractivity contribution in [1.29, 1.82) is 0 Å². The molecule has 0 aliphatic carbocycles. The van der Waals surface area contributed by atoms with Crippen LogP contribution in [-0.2, 0) is 20.9 Å². The molecular formula is C11H12O4. The molecule has 1 rings (SSSR count). The number of carboxylic acids is 1. The van der Waals surface area contributed by atoms with Crippen molar-refractivity contribution in [2.75, 3.05) is 0 Å². The van der Waals surface area contributed by atoms with Gasteiger partial charge in [0.05, 0.1) is 0 Å². The van der Waals surface area contributed by atoms with Crippen molar-refractivity contribution in [2.24, 2.45) is 5.92 Å². The van der Waals surface area contributed by atoms with E-state index in [0.29, 0.717) is 0 Å². The maximum absolute atomic E-state index is 11.2.